The predicted octanol–water partition coefficient (Wildman–Crippen LogP) is 3.09. The highest BCUT2D eigenvalue weighted by molar-refractivity contribution is 5.79. The van der Waals surface area contributed by atoms with E-state index in [1.165, 1.54) is 36.0 Å². The van der Waals surface area contributed by atoms with Crippen LogP contribution >= 0.6 is 0 Å². The molecular formula is C20H25N3O. The fourth-order valence-electron chi connectivity index (χ4n) is 4.20. The molecule has 2 aliphatic rings. The molecular weight excluding hydrogens is 298 g/mol. The number of piperidine rings is 1. The molecule has 0 N–H and O–H groups in total. The van der Waals surface area contributed by atoms with Gasteiger partial charge in [0, 0.05) is 25.5 Å². The number of hydrogen-bond donors (Lipinski definition) is 0. The average molecular weight is 323 g/mol. The normalized spacial score (nSPS) is 20.2. The number of amides is 1. The van der Waals surface area contributed by atoms with Crippen LogP contribution < -0.4 is 0 Å². The second-order valence-electron chi connectivity index (χ2n) is 7.15. The van der Waals surface area contributed by atoms with Crippen LogP contribution in [0.3, 0.4) is 0 Å². The van der Waals surface area contributed by atoms with E-state index < -0.39 is 0 Å². The maximum absolute atomic E-state index is 12.8. The van der Waals surface area contributed by atoms with Gasteiger partial charge in [-0.05, 0) is 55.7 Å². The quantitative estimate of drug-likeness (QED) is 0.870. The topological polar surface area (TPSA) is 38.1 Å². The van der Waals surface area contributed by atoms with E-state index in [9.17, 15) is 4.79 Å². The van der Waals surface area contributed by atoms with E-state index in [1.54, 1.807) is 0 Å². The minimum Gasteiger partial charge on any atom is -0.340 e. The Balaban J connectivity index is 1.43. The van der Waals surface area contributed by atoms with Crippen molar-refractivity contribution in [2.45, 2.75) is 51.5 Å². The molecule has 2 aromatic rings. The summed E-state index contributed by atoms with van der Waals surface area (Å²) in [6, 6.07) is 6.98. The lowest BCUT2D eigenvalue weighted by molar-refractivity contribution is -0.132. The first-order valence-electron chi connectivity index (χ1n) is 9.08. The summed E-state index contributed by atoms with van der Waals surface area (Å²) in [6.45, 7) is 3.72. The van der Waals surface area contributed by atoms with Gasteiger partial charge in [-0.25, -0.2) is 4.98 Å². The first-order chi connectivity index (χ1) is 11.7. The third kappa shape index (κ3) is 2.97. The summed E-state index contributed by atoms with van der Waals surface area (Å²) < 4.78 is 2.22. The number of rotatable bonds is 3. The third-order valence-corrected chi connectivity index (χ3v) is 5.52. The van der Waals surface area contributed by atoms with Gasteiger partial charge in [0.05, 0.1) is 12.5 Å². The highest BCUT2D eigenvalue weighted by Crippen LogP contribution is 2.25. The number of likely N-dealkylation sites (tertiary alicyclic amines) is 1. The Morgan fingerprint density at radius 3 is 2.96 bits per heavy atom. The number of fused-ring (bicyclic) bond motifs is 1. The SMILES string of the molecule is Cc1nccn1[C@H]1CCCN(C(=O)Cc2ccc3c(c2)CCC3)C1. The highest BCUT2D eigenvalue weighted by atomic mass is 16.2. The molecule has 4 nitrogen and oxygen atoms in total. The minimum atomic E-state index is 0.260. The fourth-order valence-corrected chi connectivity index (χ4v) is 4.20. The molecule has 1 saturated heterocycles. The third-order valence-electron chi connectivity index (χ3n) is 5.52. The summed E-state index contributed by atoms with van der Waals surface area (Å²) in [5, 5.41) is 0. The first-order valence-corrected chi connectivity index (χ1v) is 9.08. The number of carbonyl (C=O) groups excluding carboxylic acids is 1. The van der Waals surface area contributed by atoms with Gasteiger partial charge in [-0.1, -0.05) is 18.2 Å². The molecule has 4 rings (SSSR count). The van der Waals surface area contributed by atoms with Crippen molar-refractivity contribution in [1.82, 2.24) is 14.5 Å². The summed E-state index contributed by atoms with van der Waals surface area (Å²) >= 11 is 0. The molecule has 0 radical (unpaired) electrons. The van der Waals surface area contributed by atoms with Gasteiger partial charge in [0.1, 0.15) is 5.82 Å². The molecule has 126 valence electrons. The van der Waals surface area contributed by atoms with Gasteiger partial charge in [0.25, 0.3) is 0 Å². The van der Waals surface area contributed by atoms with E-state index >= 15 is 0 Å². The largest absolute Gasteiger partial charge is 0.340 e. The number of hydrogen-bond acceptors (Lipinski definition) is 2. The molecule has 0 unspecified atom stereocenters. The van der Waals surface area contributed by atoms with Gasteiger partial charge in [0.15, 0.2) is 0 Å². The second-order valence-corrected chi connectivity index (χ2v) is 7.15. The lowest BCUT2D eigenvalue weighted by Gasteiger charge is -2.34. The van der Waals surface area contributed by atoms with Crippen LogP contribution in [-0.4, -0.2) is 33.4 Å². The van der Waals surface area contributed by atoms with Gasteiger partial charge >= 0.3 is 0 Å². The number of aryl methyl sites for hydroxylation is 3. The molecule has 0 saturated carbocycles. The minimum absolute atomic E-state index is 0.260. The molecule has 1 aliphatic carbocycles. The van der Waals surface area contributed by atoms with Crippen LogP contribution in [0, 0.1) is 6.92 Å². The molecule has 0 bridgehead atoms. The number of carbonyl (C=O) groups is 1. The van der Waals surface area contributed by atoms with Crippen molar-refractivity contribution < 1.29 is 4.79 Å². The molecule has 1 aromatic carbocycles. The van der Waals surface area contributed by atoms with E-state index in [-0.39, 0.29) is 5.91 Å². The molecule has 4 heteroatoms. The fraction of sp³-hybridized carbons (Fsp3) is 0.500. The second kappa shape index (κ2) is 6.42. The van der Waals surface area contributed by atoms with Crippen molar-refractivity contribution in [2.75, 3.05) is 13.1 Å². The Hall–Kier alpha value is -2.10. The molecule has 1 aliphatic heterocycles. The Bertz CT molecular complexity index is 749. The molecule has 0 spiro atoms. The Labute approximate surface area is 143 Å². The molecule has 2 heterocycles. The van der Waals surface area contributed by atoms with Crippen LogP contribution in [0.2, 0.25) is 0 Å². The molecule has 1 atom stereocenters. The number of aromatic nitrogens is 2. The monoisotopic (exact) mass is 323 g/mol. The summed E-state index contributed by atoms with van der Waals surface area (Å²) in [4.78, 5) is 19.1. The van der Waals surface area contributed by atoms with E-state index in [2.05, 4.69) is 27.8 Å². The predicted molar refractivity (Wildman–Crippen MR) is 94.0 cm³/mol. The zero-order valence-corrected chi connectivity index (χ0v) is 14.4. The highest BCUT2D eigenvalue weighted by Gasteiger charge is 2.25. The van der Waals surface area contributed by atoms with Crippen molar-refractivity contribution in [2.24, 2.45) is 0 Å². The molecule has 1 fully saturated rings. The maximum Gasteiger partial charge on any atom is 0.227 e. The summed E-state index contributed by atoms with van der Waals surface area (Å²) in [5.74, 6) is 1.29. The van der Waals surface area contributed by atoms with Gasteiger partial charge in [-0.15, -0.1) is 0 Å². The zero-order chi connectivity index (χ0) is 16.5. The average Bonchev–Trinajstić information content (AvgIpc) is 3.23. The maximum atomic E-state index is 12.8. The number of imidazole rings is 1. The van der Waals surface area contributed by atoms with Crippen LogP contribution in [0.5, 0.6) is 0 Å². The van der Waals surface area contributed by atoms with Crippen LogP contribution in [0.25, 0.3) is 0 Å². The molecule has 1 aromatic heterocycles. The molecule has 24 heavy (non-hydrogen) atoms. The van der Waals surface area contributed by atoms with Gasteiger partial charge in [0.2, 0.25) is 5.91 Å². The van der Waals surface area contributed by atoms with Gasteiger partial charge in [-0.3, -0.25) is 4.79 Å². The van der Waals surface area contributed by atoms with E-state index in [4.69, 9.17) is 0 Å². The number of nitrogens with zero attached hydrogens (tertiary/aromatic N) is 3. The smallest absolute Gasteiger partial charge is 0.227 e. The van der Waals surface area contributed by atoms with E-state index in [0.29, 0.717) is 12.5 Å². The van der Waals surface area contributed by atoms with Crippen LogP contribution in [-0.2, 0) is 24.1 Å². The standard InChI is InChI=1S/C20H25N3O/c1-15-21-9-11-23(15)19-6-3-10-22(14-19)20(24)13-16-7-8-17-4-2-5-18(17)12-16/h7-9,11-12,19H,2-6,10,13-14H2,1H3/t19-/m0/s1. The zero-order valence-electron chi connectivity index (χ0n) is 14.4. The van der Waals surface area contributed by atoms with E-state index in [1.807, 2.05) is 24.2 Å². The van der Waals surface area contributed by atoms with Crippen molar-refractivity contribution in [1.29, 1.82) is 0 Å². The summed E-state index contributed by atoms with van der Waals surface area (Å²) in [6.07, 6.45) is 10.2. The Morgan fingerprint density at radius 1 is 1.25 bits per heavy atom. The Morgan fingerprint density at radius 2 is 2.12 bits per heavy atom. The lowest BCUT2D eigenvalue weighted by atomic mass is 10.0. The van der Waals surface area contributed by atoms with Gasteiger partial charge in [-0.2, -0.15) is 0 Å². The van der Waals surface area contributed by atoms with Crippen molar-refractivity contribution in [3.8, 4) is 0 Å². The lowest BCUT2D eigenvalue weighted by Crippen LogP contribution is -2.41. The van der Waals surface area contributed by atoms with E-state index in [0.717, 1.165) is 31.8 Å². The summed E-state index contributed by atoms with van der Waals surface area (Å²) in [7, 11) is 0. The molecule has 1 amide bonds. The van der Waals surface area contributed by atoms with Crippen molar-refractivity contribution >= 4 is 5.91 Å². The summed E-state index contributed by atoms with van der Waals surface area (Å²) in [5.41, 5.74) is 4.09. The van der Waals surface area contributed by atoms with Crippen molar-refractivity contribution in [3.05, 3.63) is 53.1 Å². The Kier molecular flexibility index (Phi) is 4.13. The van der Waals surface area contributed by atoms with Crippen molar-refractivity contribution in [3.63, 3.8) is 0 Å². The van der Waals surface area contributed by atoms with Crippen LogP contribution in [0.15, 0.2) is 30.6 Å². The first kappa shape index (κ1) is 15.4. The van der Waals surface area contributed by atoms with Gasteiger partial charge < -0.3 is 9.47 Å². The number of benzene rings is 1. The van der Waals surface area contributed by atoms with Crippen LogP contribution in [0.1, 0.15) is 47.8 Å². The van der Waals surface area contributed by atoms with Crippen LogP contribution in [0.4, 0.5) is 0 Å².